The van der Waals surface area contributed by atoms with Gasteiger partial charge in [0.2, 0.25) is 11.8 Å². The molecule has 3 rings (SSSR count). The molecule has 2 aromatic carbocycles. The summed E-state index contributed by atoms with van der Waals surface area (Å²) in [6, 6.07) is 13.0. The smallest absolute Gasteiger partial charge is 0.269 e. The van der Waals surface area contributed by atoms with Gasteiger partial charge in [-0.3, -0.25) is 19.7 Å². The van der Waals surface area contributed by atoms with Gasteiger partial charge in [-0.15, -0.1) is 10.2 Å². The Bertz CT molecular complexity index is 1100. The molecule has 0 unspecified atom stereocenters. The van der Waals surface area contributed by atoms with Crippen LogP contribution in [0, 0.1) is 17.0 Å². The van der Waals surface area contributed by atoms with E-state index in [0.717, 1.165) is 5.56 Å². The third kappa shape index (κ3) is 6.12. The molecule has 0 spiro atoms. The maximum Gasteiger partial charge on any atom is 0.269 e. The van der Waals surface area contributed by atoms with E-state index in [2.05, 4.69) is 20.8 Å². The fraction of sp³-hybridized carbons (Fsp3) is 0.200. The number of aryl methyl sites for hydroxylation is 1. The molecule has 0 aliphatic heterocycles. The van der Waals surface area contributed by atoms with Gasteiger partial charge in [0.1, 0.15) is 5.82 Å². The molecule has 160 valence electrons. The van der Waals surface area contributed by atoms with Gasteiger partial charge in [0, 0.05) is 30.6 Å². The summed E-state index contributed by atoms with van der Waals surface area (Å²) in [5, 5.41) is 24.7. The number of hydrogen-bond donors (Lipinski definition) is 2. The lowest BCUT2D eigenvalue weighted by Crippen LogP contribution is -2.17. The van der Waals surface area contributed by atoms with Gasteiger partial charge in [0.15, 0.2) is 5.16 Å². The van der Waals surface area contributed by atoms with Crippen molar-refractivity contribution in [2.75, 3.05) is 16.4 Å². The summed E-state index contributed by atoms with van der Waals surface area (Å²) in [5.41, 5.74) is 2.22. The van der Waals surface area contributed by atoms with Crippen LogP contribution in [0.25, 0.3) is 0 Å². The molecule has 10 nitrogen and oxygen atoms in total. The quantitative estimate of drug-likeness (QED) is 0.313. The van der Waals surface area contributed by atoms with Crippen molar-refractivity contribution in [3.63, 3.8) is 0 Å². The number of aromatic nitrogens is 3. The average Bonchev–Trinajstić information content (AvgIpc) is 3.08. The summed E-state index contributed by atoms with van der Waals surface area (Å²) in [5.74, 6) is 0.0358. The number of nitro groups is 1. The number of nitro benzene ring substituents is 1. The highest BCUT2D eigenvalue weighted by atomic mass is 32.2. The Kier molecular flexibility index (Phi) is 6.98. The van der Waals surface area contributed by atoms with Crippen LogP contribution in [-0.2, 0) is 23.1 Å². The Morgan fingerprint density at radius 1 is 1.00 bits per heavy atom. The molecule has 0 aliphatic carbocycles. The van der Waals surface area contributed by atoms with E-state index in [1.807, 2.05) is 31.2 Å². The molecule has 0 aliphatic rings. The van der Waals surface area contributed by atoms with E-state index in [9.17, 15) is 19.7 Å². The second kappa shape index (κ2) is 9.85. The maximum atomic E-state index is 12.3. The predicted octanol–water partition coefficient (Wildman–Crippen LogP) is 2.94. The lowest BCUT2D eigenvalue weighted by atomic mass is 10.2. The van der Waals surface area contributed by atoms with Gasteiger partial charge >= 0.3 is 0 Å². The zero-order valence-corrected chi connectivity index (χ0v) is 17.7. The van der Waals surface area contributed by atoms with E-state index in [0.29, 0.717) is 22.4 Å². The van der Waals surface area contributed by atoms with Crippen LogP contribution in [0.1, 0.15) is 11.4 Å². The number of anilines is 2. The molecule has 0 fully saturated rings. The molecule has 0 saturated heterocycles. The summed E-state index contributed by atoms with van der Waals surface area (Å²) in [4.78, 5) is 34.6. The highest BCUT2D eigenvalue weighted by Gasteiger charge is 2.15. The molecule has 0 atom stereocenters. The predicted molar refractivity (Wildman–Crippen MR) is 117 cm³/mol. The van der Waals surface area contributed by atoms with Crippen LogP contribution < -0.4 is 10.6 Å². The SMILES string of the molecule is Cc1ccc(NC(=O)Cc2nnc(SCC(=O)Nc3ccc([N+](=O)[O-])cc3)n2C)cc1. The molecule has 0 radical (unpaired) electrons. The fourth-order valence-corrected chi connectivity index (χ4v) is 3.33. The molecule has 2 N–H and O–H groups in total. The zero-order valence-electron chi connectivity index (χ0n) is 16.9. The molecule has 31 heavy (non-hydrogen) atoms. The Hall–Kier alpha value is -3.73. The van der Waals surface area contributed by atoms with Crippen molar-refractivity contribution >= 4 is 40.6 Å². The number of carbonyl (C=O) groups excluding carboxylic acids is 2. The van der Waals surface area contributed by atoms with Gasteiger partial charge in [-0.25, -0.2) is 0 Å². The normalized spacial score (nSPS) is 10.5. The van der Waals surface area contributed by atoms with Crippen LogP contribution in [0.15, 0.2) is 53.7 Å². The number of thioether (sulfide) groups is 1. The molecule has 1 heterocycles. The maximum absolute atomic E-state index is 12.3. The second-order valence-corrected chi connectivity index (χ2v) is 7.63. The van der Waals surface area contributed by atoms with Gasteiger partial charge in [-0.1, -0.05) is 29.5 Å². The molecule has 2 amide bonds. The highest BCUT2D eigenvalue weighted by molar-refractivity contribution is 7.99. The van der Waals surface area contributed by atoms with E-state index >= 15 is 0 Å². The summed E-state index contributed by atoms with van der Waals surface area (Å²) in [7, 11) is 1.73. The van der Waals surface area contributed by atoms with Crippen molar-refractivity contribution in [2.24, 2.45) is 7.05 Å². The minimum atomic E-state index is -0.506. The molecular formula is C20H20N6O4S. The second-order valence-electron chi connectivity index (χ2n) is 6.69. The van der Waals surface area contributed by atoms with Gasteiger partial charge < -0.3 is 15.2 Å². The molecule has 0 saturated carbocycles. The number of carbonyl (C=O) groups is 2. The monoisotopic (exact) mass is 440 g/mol. The number of hydrogen-bond acceptors (Lipinski definition) is 7. The van der Waals surface area contributed by atoms with Crippen molar-refractivity contribution in [3.05, 3.63) is 70.0 Å². The average molecular weight is 440 g/mol. The van der Waals surface area contributed by atoms with Crippen LogP contribution in [0.4, 0.5) is 17.1 Å². The first-order valence-electron chi connectivity index (χ1n) is 9.23. The number of nitrogens with one attached hydrogen (secondary N) is 2. The van der Waals surface area contributed by atoms with Gasteiger partial charge in [-0.05, 0) is 31.2 Å². The zero-order chi connectivity index (χ0) is 22.4. The van der Waals surface area contributed by atoms with E-state index in [4.69, 9.17) is 0 Å². The highest BCUT2D eigenvalue weighted by Crippen LogP contribution is 2.19. The van der Waals surface area contributed by atoms with Crippen LogP contribution in [0.5, 0.6) is 0 Å². The van der Waals surface area contributed by atoms with Crippen molar-refractivity contribution < 1.29 is 14.5 Å². The number of nitrogens with zero attached hydrogens (tertiary/aromatic N) is 4. The van der Waals surface area contributed by atoms with Gasteiger partial charge in [0.05, 0.1) is 17.1 Å². The van der Waals surface area contributed by atoms with Crippen molar-refractivity contribution in [3.8, 4) is 0 Å². The van der Waals surface area contributed by atoms with Gasteiger partial charge in [-0.2, -0.15) is 0 Å². The van der Waals surface area contributed by atoms with E-state index in [1.165, 1.54) is 36.0 Å². The first-order chi connectivity index (χ1) is 14.8. The van der Waals surface area contributed by atoms with Crippen molar-refractivity contribution in [1.29, 1.82) is 0 Å². The summed E-state index contributed by atoms with van der Waals surface area (Å²) >= 11 is 1.17. The van der Waals surface area contributed by atoms with Crippen LogP contribution in [-0.4, -0.2) is 37.3 Å². The first kappa shape index (κ1) is 22.0. The van der Waals surface area contributed by atoms with Crippen molar-refractivity contribution in [2.45, 2.75) is 18.5 Å². The molecule has 0 bridgehead atoms. The third-order valence-corrected chi connectivity index (χ3v) is 5.29. The van der Waals surface area contributed by atoms with Crippen LogP contribution in [0.3, 0.4) is 0 Å². The molecule has 1 aromatic heterocycles. The minimum Gasteiger partial charge on any atom is -0.326 e. The third-order valence-electron chi connectivity index (χ3n) is 4.27. The summed E-state index contributed by atoms with van der Waals surface area (Å²) in [6.07, 6.45) is 0.0485. The Morgan fingerprint density at radius 3 is 2.19 bits per heavy atom. The largest absolute Gasteiger partial charge is 0.326 e. The topological polar surface area (TPSA) is 132 Å². The number of non-ortho nitro benzene ring substituents is 1. The fourth-order valence-electron chi connectivity index (χ4n) is 2.60. The standard InChI is InChI=1S/C20H20N6O4S/c1-13-3-5-14(6-4-13)21-18(27)11-17-23-24-20(25(17)2)31-12-19(28)22-15-7-9-16(10-8-15)26(29)30/h3-10H,11-12H2,1-2H3,(H,21,27)(H,22,28). The van der Waals surface area contributed by atoms with Crippen molar-refractivity contribution in [1.82, 2.24) is 14.8 Å². The van der Waals surface area contributed by atoms with E-state index in [1.54, 1.807) is 11.6 Å². The molecular weight excluding hydrogens is 420 g/mol. The Labute approximate surface area is 182 Å². The summed E-state index contributed by atoms with van der Waals surface area (Å²) < 4.78 is 1.67. The molecule has 3 aromatic rings. The Morgan fingerprint density at radius 2 is 1.58 bits per heavy atom. The number of rotatable bonds is 8. The lowest BCUT2D eigenvalue weighted by Gasteiger charge is -2.07. The Balaban J connectivity index is 1.51. The lowest BCUT2D eigenvalue weighted by molar-refractivity contribution is -0.384. The van der Waals surface area contributed by atoms with E-state index in [-0.39, 0.29) is 29.7 Å². The van der Waals surface area contributed by atoms with E-state index < -0.39 is 4.92 Å². The summed E-state index contributed by atoms with van der Waals surface area (Å²) in [6.45, 7) is 1.97. The number of benzene rings is 2. The first-order valence-corrected chi connectivity index (χ1v) is 10.2. The van der Waals surface area contributed by atoms with Gasteiger partial charge in [0.25, 0.3) is 5.69 Å². The van der Waals surface area contributed by atoms with Crippen LogP contribution in [0.2, 0.25) is 0 Å². The number of amides is 2. The minimum absolute atomic E-state index is 0.0485. The molecule has 11 heteroatoms. The van der Waals surface area contributed by atoms with Crippen LogP contribution >= 0.6 is 11.8 Å².